The van der Waals surface area contributed by atoms with Crippen LogP contribution in [0.3, 0.4) is 0 Å². The average Bonchev–Trinajstić information content (AvgIpc) is 2.64. The molecular weight excluding hydrogens is 206 g/mol. The number of nitrogens with zero attached hydrogens (tertiary/aromatic N) is 2. The van der Waals surface area contributed by atoms with Crippen LogP contribution in [0.5, 0.6) is 0 Å². The van der Waals surface area contributed by atoms with Crippen molar-refractivity contribution in [2.75, 3.05) is 0 Å². The number of halogens is 1. The first-order valence-corrected chi connectivity index (χ1v) is 4.12. The van der Waals surface area contributed by atoms with Crippen molar-refractivity contribution in [1.29, 1.82) is 0 Å². The molecule has 2 aromatic rings. The normalized spacial score (nSPS) is 12.2. The van der Waals surface area contributed by atoms with Gasteiger partial charge in [0.2, 0.25) is 0 Å². The lowest BCUT2D eigenvalue weighted by molar-refractivity contribution is 0.318. The molecule has 1 aromatic carbocycles. The third kappa shape index (κ3) is 1.27. The largest absolute Gasteiger partial charge is 0.409 e. The van der Waals surface area contributed by atoms with Crippen LogP contribution in [0, 0.1) is 0 Å². The lowest BCUT2D eigenvalue weighted by Crippen LogP contribution is -2.12. The molecule has 0 fully saturated rings. The summed E-state index contributed by atoms with van der Waals surface area (Å²) in [6.07, 6.45) is 1.51. The summed E-state index contributed by atoms with van der Waals surface area (Å²) in [5.41, 5.74) is 6.42. The average molecular weight is 212 g/mol. The van der Waals surface area contributed by atoms with E-state index < -0.39 is 0 Å². The van der Waals surface area contributed by atoms with Gasteiger partial charge in [-0.2, -0.15) is 0 Å². The Labute approximate surface area is 83.7 Å². The van der Waals surface area contributed by atoms with Gasteiger partial charge in [0.05, 0.1) is 11.2 Å². The molecule has 72 valence electrons. The van der Waals surface area contributed by atoms with E-state index in [1.807, 2.05) is 0 Å². The molecule has 1 heterocycles. The summed E-state index contributed by atoms with van der Waals surface area (Å²) in [5, 5.41) is 16.0. The van der Waals surface area contributed by atoms with Crippen molar-refractivity contribution in [2.45, 2.75) is 0 Å². The zero-order valence-corrected chi connectivity index (χ0v) is 7.69. The van der Waals surface area contributed by atoms with Crippen LogP contribution in [-0.2, 0) is 0 Å². The van der Waals surface area contributed by atoms with Crippen molar-refractivity contribution < 1.29 is 9.73 Å². The molecular formula is C8H6ClN3O2. The summed E-state index contributed by atoms with van der Waals surface area (Å²) >= 11 is 5.88. The van der Waals surface area contributed by atoms with E-state index in [2.05, 4.69) is 10.3 Å². The second-order valence-corrected chi connectivity index (χ2v) is 3.09. The Bertz CT molecular complexity index is 506. The molecule has 3 N–H and O–H groups in total. The summed E-state index contributed by atoms with van der Waals surface area (Å²) in [6.45, 7) is 0. The first-order chi connectivity index (χ1) is 6.72. The molecule has 5 nitrogen and oxygen atoms in total. The summed E-state index contributed by atoms with van der Waals surface area (Å²) in [5.74, 6) is -0.00463. The Hall–Kier alpha value is -1.75. The SMILES string of the molecule is N/C(=N/O)c1cc(Cl)c2oncc2c1. The maximum absolute atomic E-state index is 8.48. The Morgan fingerprint density at radius 1 is 1.57 bits per heavy atom. The van der Waals surface area contributed by atoms with Crippen LogP contribution in [0.15, 0.2) is 28.0 Å². The third-order valence-corrected chi connectivity index (χ3v) is 2.09. The van der Waals surface area contributed by atoms with Gasteiger partial charge in [-0.25, -0.2) is 0 Å². The lowest BCUT2D eigenvalue weighted by atomic mass is 10.1. The molecule has 6 heteroatoms. The van der Waals surface area contributed by atoms with E-state index in [0.29, 0.717) is 21.6 Å². The summed E-state index contributed by atoms with van der Waals surface area (Å²) in [7, 11) is 0. The molecule has 0 saturated carbocycles. The number of rotatable bonds is 1. The van der Waals surface area contributed by atoms with E-state index in [1.165, 1.54) is 6.20 Å². The second kappa shape index (κ2) is 3.19. The molecule has 0 spiro atoms. The monoisotopic (exact) mass is 211 g/mol. The van der Waals surface area contributed by atoms with Gasteiger partial charge >= 0.3 is 0 Å². The predicted octanol–water partition coefficient (Wildman–Crippen LogP) is 1.58. The minimum absolute atomic E-state index is 0.00463. The molecule has 0 radical (unpaired) electrons. The highest BCUT2D eigenvalue weighted by Gasteiger charge is 2.08. The van der Waals surface area contributed by atoms with E-state index in [1.54, 1.807) is 12.1 Å². The van der Waals surface area contributed by atoms with E-state index in [9.17, 15) is 0 Å². The van der Waals surface area contributed by atoms with Gasteiger partial charge in [-0.1, -0.05) is 21.9 Å². The molecule has 0 bridgehead atoms. The minimum Gasteiger partial charge on any atom is -0.409 e. The summed E-state index contributed by atoms with van der Waals surface area (Å²) < 4.78 is 4.89. The third-order valence-electron chi connectivity index (χ3n) is 1.81. The van der Waals surface area contributed by atoms with Crippen molar-refractivity contribution in [3.05, 3.63) is 28.9 Å². The van der Waals surface area contributed by atoms with Crippen LogP contribution in [0.25, 0.3) is 11.0 Å². The molecule has 0 saturated heterocycles. The fraction of sp³-hybridized carbons (Fsp3) is 0. The first-order valence-electron chi connectivity index (χ1n) is 3.74. The molecule has 2 rings (SSSR count). The van der Waals surface area contributed by atoms with Gasteiger partial charge in [0.1, 0.15) is 0 Å². The molecule has 0 aliphatic heterocycles. The summed E-state index contributed by atoms with van der Waals surface area (Å²) in [4.78, 5) is 0. The van der Waals surface area contributed by atoms with Crippen LogP contribution < -0.4 is 5.73 Å². The number of fused-ring (bicyclic) bond motifs is 1. The Morgan fingerprint density at radius 2 is 2.36 bits per heavy atom. The highest BCUT2D eigenvalue weighted by Crippen LogP contribution is 2.24. The molecule has 0 atom stereocenters. The zero-order valence-electron chi connectivity index (χ0n) is 6.94. The fourth-order valence-corrected chi connectivity index (χ4v) is 1.41. The number of amidine groups is 1. The topological polar surface area (TPSA) is 84.6 Å². The standard InChI is InChI=1S/C8H6ClN3O2/c9-6-2-4(8(10)12-13)1-5-3-11-14-7(5)6/h1-3,13H,(H2,10,12). The quantitative estimate of drug-likeness (QED) is 0.325. The summed E-state index contributed by atoms with van der Waals surface area (Å²) in [6, 6.07) is 3.22. The van der Waals surface area contributed by atoms with E-state index in [-0.39, 0.29) is 5.84 Å². The van der Waals surface area contributed by atoms with E-state index in [4.69, 9.17) is 27.1 Å². The van der Waals surface area contributed by atoms with Crippen LogP contribution in [-0.4, -0.2) is 16.2 Å². The lowest BCUT2D eigenvalue weighted by Gasteiger charge is -1.98. The van der Waals surface area contributed by atoms with Gasteiger partial charge in [-0.15, -0.1) is 0 Å². The maximum atomic E-state index is 8.48. The number of benzene rings is 1. The smallest absolute Gasteiger partial charge is 0.185 e. The molecule has 14 heavy (non-hydrogen) atoms. The fourth-order valence-electron chi connectivity index (χ4n) is 1.15. The van der Waals surface area contributed by atoms with Crippen LogP contribution in [0.2, 0.25) is 5.02 Å². The van der Waals surface area contributed by atoms with Crippen LogP contribution in [0.4, 0.5) is 0 Å². The van der Waals surface area contributed by atoms with Gasteiger partial charge in [-0.05, 0) is 12.1 Å². The number of aromatic nitrogens is 1. The number of hydrogen-bond donors (Lipinski definition) is 2. The van der Waals surface area contributed by atoms with Crippen molar-refractivity contribution >= 4 is 28.4 Å². The Balaban J connectivity index is 2.70. The Kier molecular flexibility index (Phi) is 2.01. The van der Waals surface area contributed by atoms with Crippen LogP contribution in [0.1, 0.15) is 5.56 Å². The van der Waals surface area contributed by atoms with E-state index >= 15 is 0 Å². The predicted molar refractivity (Wildman–Crippen MR) is 51.5 cm³/mol. The Morgan fingerprint density at radius 3 is 3.07 bits per heavy atom. The van der Waals surface area contributed by atoms with Gasteiger partial charge in [-0.3, -0.25) is 0 Å². The molecule has 1 aromatic heterocycles. The number of hydrogen-bond acceptors (Lipinski definition) is 4. The molecule has 0 aliphatic carbocycles. The van der Waals surface area contributed by atoms with Gasteiger partial charge < -0.3 is 15.5 Å². The minimum atomic E-state index is -0.00463. The maximum Gasteiger partial charge on any atom is 0.185 e. The first kappa shape index (κ1) is 8.83. The highest BCUT2D eigenvalue weighted by molar-refractivity contribution is 6.35. The molecule has 0 amide bonds. The molecule has 0 unspecified atom stereocenters. The number of oxime groups is 1. The van der Waals surface area contributed by atoms with Crippen molar-refractivity contribution in [2.24, 2.45) is 10.9 Å². The van der Waals surface area contributed by atoms with Gasteiger partial charge in [0.25, 0.3) is 0 Å². The van der Waals surface area contributed by atoms with Crippen molar-refractivity contribution in [1.82, 2.24) is 5.16 Å². The zero-order chi connectivity index (χ0) is 10.1. The van der Waals surface area contributed by atoms with Crippen molar-refractivity contribution in [3.63, 3.8) is 0 Å². The van der Waals surface area contributed by atoms with Crippen molar-refractivity contribution in [3.8, 4) is 0 Å². The van der Waals surface area contributed by atoms with E-state index in [0.717, 1.165) is 0 Å². The van der Waals surface area contributed by atoms with Crippen LogP contribution >= 0.6 is 11.6 Å². The van der Waals surface area contributed by atoms with Gasteiger partial charge in [0, 0.05) is 10.9 Å². The molecule has 0 aliphatic rings. The van der Waals surface area contributed by atoms with Gasteiger partial charge in [0.15, 0.2) is 11.4 Å². The highest BCUT2D eigenvalue weighted by atomic mass is 35.5. The second-order valence-electron chi connectivity index (χ2n) is 2.69. The number of nitrogens with two attached hydrogens (primary N) is 1.